The van der Waals surface area contributed by atoms with Crippen molar-refractivity contribution in [1.82, 2.24) is 9.97 Å². The second kappa shape index (κ2) is 5.79. The molecule has 0 spiro atoms. The van der Waals surface area contributed by atoms with E-state index in [0.29, 0.717) is 0 Å². The number of pyridine rings is 2. The van der Waals surface area contributed by atoms with Gasteiger partial charge in [0.2, 0.25) is 0 Å². The van der Waals surface area contributed by atoms with Crippen molar-refractivity contribution in [2.24, 2.45) is 0 Å². The molecule has 0 aliphatic heterocycles. The number of hydrogen-bond donors (Lipinski definition) is 0. The second-order valence-corrected chi connectivity index (χ2v) is 7.61. The fraction of sp³-hybridized carbons (Fsp3) is 0.474. The lowest BCUT2D eigenvalue weighted by Gasteiger charge is -2.26. The first kappa shape index (κ1) is 16.6. The minimum atomic E-state index is -0.299. The predicted octanol–water partition coefficient (Wildman–Crippen LogP) is 4.74. The molecule has 22 heavy (non-hydrogen) atoms. The zero-order valence-electron chi connectivity index (χ0n) is 14.4. The van der Waals surface area contributed by atoms with E-state index in [2.05, 4.69) is 58.7 Å². The van der Waals surface area contributed by atoms with Crippen molar-refractivity contribution in [3.8, 4) is 0 Å². The molecule has 0 aliphatic rings. The van der Waals surface area contributed by atoms with E-state index in [-0.39, 0.29) is 16.6 Å². The molecule has 0 saturated carbocycles. The van der Waals surface area contributed by atoms with Gasteiger partial charge in [0.15, 0.2) is 0 Å². The number of rotatable bonds is 3. The molecular formula is C19H25FN2. The zero-order valence-corrected chi connectivity index (χ0v) is 14.4. The number of halogens is 1. The Morgan fingerprint density at radius 3 is 2.09 bits per heavy atom. The summed E-state index contributed by atoms with van der Waals surface area (Å²) in [7, 11) is 0. The van der Waals surface area contributed by atoms with Crippen molar-refractivity contribution in [1.29, 1.82) is 0 Å². The number of aryl methyl sites for hydroxylation is 1. The van der Waals surface area contributed by atoms with Crippen molar-refractivity contribution in [2.45, 2.75) is 58.8 Å². The first-order valence-electron chi connectivity index (χ1n) is 7.69. The maximum Gasteiger partial charge on any atom is 0.141 e. The van der Waals surface area contributed by atoms with Gasteiger partial charge in [-0.3, -0.25) is 9.97 Å². The standard InChI is InChI=1S/C19H25FN2/c1-13-14(7-9-16(22-13)18(2,3)4)11-19(5,6)17-10-8-15(20)12-21-17/h7-10,12H,11H2,1-6H3. The highest BCUT2D eigenvalue weighted by Gasteiger charge is 2.24. The normalized spacial score (nSPS) is 12.5. The van der Waals surface area contributed by atoms with E-state index in [9.17, 15) is 4.39 Å². The third-order valence-corrected chi connectivity index (χ3v) is 4.02. The molecule has 118 valence electrons. The van der Waals surface area contributed by atoms with Gasteiger partial charge in [0.25, 0.3) is 0 Å². The van der Waals surface area contributed by atoms with Crippen LogP contribution in [0, 0.1) is 12.7 Å². The quantitative estimate of drug-likeness (QED) is 0.818. The summed E-state index contributed by atoms with van der Waals surface area (Å²) >= 11 is 0. The topological polar surface area (TPSA) is 25.8 Å². The predicted molar refractivity (Wildman–Crippen MR) is 88.6 cm³/mol. The molecule has 3 heteroatoms. The third-order valence-electron chi connectivity index (χ3n) is 4.02. The van der Waals surface area contributed by atoms with Gasteiger partial charge in [-0.1, -0.05) is 40.7 Å². The first-order chi connectivity index (χ1) is 10.1. The van der Waals surface area contributed by atoms with E-state index in [1.807, 2.05) is 0 Å². The van der Waals surface area contributed by atoms with Crippen LogP contribution in [0.1, 0.15) is 57.3 Å². The Bertz CT molecular complexity index is 652. The highest BCUT2D eigenvalue weighted by Crippen LogP contribution is 2.28. The van der Waals surface area contributed by atoms with Crippen molar-refractivity contribution in [2.75, 3.05) is 0 Å². The van der Waals surface area contributed by atoms with Crippen LogP contribution in [0.4, 0.5) is 4.39 Å². The molecule has 2 rings (SSSR count). The van der Waals surface area contributed by atoms with Crippen molar-refractivity contribution in [3.63, 3.8) is 0 Å². The summed E-state index contributed by atoms with van der Waals surface area (Å²) in [5.41, 5.74) is 4.16. The summed E-state index contributed by atoms with van der Waals surface area (Å²) in [6, 6.07) is 7.50. The molecule has 0 saturated heterocycles. The van der Waals surface area contributed by atoms with E-state index >= 15 is 0 Å². The minimum Gasteiger partial charge on any atom is -0.258 e. The summed E-state index contributed by atoms with van der Waals surface area (Å²) in [6.07, 6.45) is 2.11. The molecule has 0 aliphatic carbocycles. The molecule has 2 nitrogen and oxygen atoms in total. The van der Waals surface area contributed by atoms with Crippen LogP contribution in [0.2, 0.25) is 0 Å². The molecule has 0 amide bonds. The van der Waals surface area contributed by atoms with Gasteiger partial charge >= 0.3 is 0 Å². The molecular weight excluding hydrogens is 275 g/mol. The van der Waals surface area contributed by atoms with Crippen LogP contribution in [0.5, 0.6) is 0 Å². The summed E-state index contributed by atoms with van der Waals surface area (Å²) < 4.78 is 13.0. The van der Waals surface area contributed by atoms with Gasteiger partial charge < -0.3 is 0 Å². The van der Waals surface area contributed by atoms with Crippen molar-refractivity contribution >= 4 is 0 Å². The largest absolute Gasteiger partial charge is 0.258 e. The molecule has 0 radical (unpaired) electrons. The van der Waals surface area contributed by atoms with Gasteiger partial charge in [-0.15, -0.1) is 0 Å². The molecule has 0 atom stereocenters. The molecule has 0 unspecified atom stereocenters. The molecule has 2 aromatic rings. The van der Waals surface area contributed by atoms with Crippen LogP contribution in [-0.4, -0.2) is 9.97 Å². The lowest BCUT2D eigenvalue weighted by atomic mass is 9.81. The Hall–Kier alpha value is -1.77. The number of aromatic nitrogens is 2. The highest BCUT2D eigenvalue weighted by atomic mass is 19.1. The Kier molecular flexibility index (Phi) is 4.37. The van der Waals surface area contributed by atoms with E-state index in [4.69, 9.17) is 4.98 Å². The van der Waals surface area contributed by atoms with Gasteiger partial charge in [0, 0.05) is 27.9 Å². The lowest BCUT2D eigenvalue weighted by molar-refractivity contribution is 0.497. The fourth-order valence-corrected chi connectivity index (χ4v) is 2.54. The van der Waals surface area contributed by atoms with Gasteiger partial charge in [-0.25, -0.2) is 4.39 Å². The lowest BCUT2D eigenvalue weighted by Crippen LogP contribution is -2.23. The Balaban J connectivity index is 2.28. The SMILES string of the molecule is Cc1nc(C(C)(C)C)ccc1CC(C)(C)c1ccc(F)cn1. The number of nitrogens with zero attached hydrogens (tertiary/aromatic N) is 2. The maximum absolute atomic E-state index is 13.0. The van der Waals surface area contributed by atoms with Crippen LogP contribution >= 0.6 is 0 Å². The Morgan fingerprint density at radius 2 is 1.59 bits per heavy atom. The van der Waals surface area contributed by atoms with Crippen LogP contribution < -0.4 is 0 Å². The summed E-state index contributed by atoms with van der Waals surface area (Å²) in [4.78, 5) is 8.99. The van der Waals surface area contributed by atoms with Crippen LogP contribution in [0.25, 0.3) is 0 Å². The molecule has 0 N–H and O–H groups in total. The maximum atomic E-state index is 13.0. The van der Waals surface area contributed by atoms with Gasteiger partial charge in [0.05, 0.1) is 6.20 Å². The zero-order chi connectivity index (χ0) is 16.5. The van der Waals surface area contributed by atoms with Gasteiger partial charge in [-0.05, 0) is 37.1 Å². The minimum absolute atomic E-state index is 0.0529. The Morgan fingerprint density at radius 1 is 0.955 bits per heavy atom. The van der Waals surface area contributed by atoms with Gasteiger partial charge in [-0.2, -0.15) is 0 Å². The van der Waals surface area contributed by atoms with Crippen LogP contribution in [0.15, 0.2) is 30.5 Å². The van der Waals surface area contributed by atoms with Crippen molar-refractivity contribution in [3.05, 3.63) is 58.9 Å². The molecule has 2 heterocycles. The average molecular weight is 300 g/mol. The second-order valence-electron chi connectivity index (χ2n) is 7.61. The average Bonchev–Trinajstić information content (AvgIpc) is 2.40. The fourth-order valence-electron chi connectivity index (χ4n) is 2.54. The van der Waals surface area contributed by atoms with E-state index in [1.54, 1.807) is 6.07 Å². The third kappa shape index (κ3) is 3.70. The molecule has 0 bridgehead atoms. The Labute approximate surface area is 132 Å². The monoisotopic (exact) mass is 300 g/mol. The first-order valence-corrected chi connectivity index (χ1v) is 7.69. The van der Waals surface area contributed by atoms with E-state index < -0.39 is 0 Å². The molecule has 0 aromatic carbocycles. The molecule has 2 aromatic heterocycles. The smallest absolute Gasteiger partial charge is 0.141 e. The highest BCUT2D eigenvalue weighted by molar-refractivity contribution is 5.29. The van der Waals surface area contributed by atoms with Crippen LogP contribution in [0.3, 0.4) is 0 Å². The summed E-state index contributed by atoms with van der Waals surface area (Å²) in [6.45, 7) is 12.8. The molecule has 0 fully saturated rings. The van der Waals surface area contributed by atoms with E-state index in [0.717, 1.165) is 23.5 Å². The van der Waals surface area contributed by atoms with Crippen molar-refractivity contribution < 1.29 is 4.39 Å². The van der Waals surface area contributed by atoms with Gasteiger partial charge in [0.1, 0.15) is 5.82 Å². The van der Waals surface area contributed by atoms with Crippen LogP contribution in [-0.2, 0) is 17.3 Å². The van der Waals surface area contributed by atoms with E-state index in [1.165, 1.54) is 17.8 Å². The number of hydrogen-bond acceptors (Lipinski definition) is 2. The summed E-state index contributed by atoms with van der Waals surface area (Å²) in [5, 5.41) is 0. The summed E-state index contributed by atoms with van der Waals surface area (Å²) in [5.74, 6) is -0.299.